The molecule has 0 radical (unpaired) electrons. The van der Waals surface area contributed by atoms with Gasteiger partial charge in [-0.1, -0.05) is 12.1 Å². The maximum absolute atomic E-state index is 11.9. The van der Waals surface area contributed by atoms with Crippen molar-refractivity contribution in [2.45, 2.75) is 33.9 Å². The highest BCUT2D eigenvalue weighted by molar-refractivity contribution is 5.75. The summed E-state index contributed by atoms with van der Waals surface area (Å²) in [4.78, 5) is 13.4. The van der Waals surface area contributed by atoms with Gasteiger partial charge in [-0.3, -0.25) is 5.73 Å². The lowest BCUT2D eigenvalue weighted by Crippen LogP contribution is -3.11. The largest absolute Gasteiger partial charge is 0.464 e. The molecule has 0 aliphatic carbocycles. The number of nitrogen functional groups attached to an aromatic ring is 1. The van der Waals surface area contributed by atoms with Gasteiger partial charge in [-0.2, -0.15) is 0 Å². The van der Waals surface area contributed by atoms with E-state index in [0.29, 0.717) is 12.6 Å². The zero-order valence-electron chi connectivity index (χ0n) is 14.3. The van der Waals surface area contributed by atoms with Crippen molar-refractivity contribution in [2.75, 3.05) is 32.0 Å². The molecular weight excluding hydrogens is 292 g/mol. The molecule has 23 heavy (non-hydrogen) atoms. The number of carbonyl (C=O) groups is 1. The van der Waals surface area contributed by atoms with Crippen molar-refractivity contribution in [3.63, 3.8) is 0 Å². The van der Waals surface area contributed by atoms with Crippen LogP contribution in [0.15, 0.2) is 24.3 Å². The molecule has 1 heterocycles. The van der Waals surface area contributed by atoms with Crippen molar-refractivity contribution in [2.24, 2.45) is 0 Å². The van der Waals surface area contributed by atoms with Crippen LogP contribution in [0.5, 0.6) is 0 Å². The van der Waals surface area contributed by atoms with Crippen LogP contribution in [-0.2, 0) is 22.6 Å². The molecule has 0 atom stereocenters. The van der Waals surface area contributed by atoms with Crippen molar-refractivity contribution in [3.05, 3.63) is 24.3 Å². The first-order chi connectivity index (χ1) is 11.1. The molecule has 0 bridgehead atoms. The predicted octanol–water partition coefficient (Wildman–Crippen LogP) is -0.00120. The molecule has 6 nitrogen and oxygen atoms in total. The number of imidazole rings is 1. The molecule has 1 aromatic heterocycles. The van der Waals surface area contributed by atoms with Crippen LogP contribution in [0.25, 0.3) is 11.0 Å². The summed E-state index contributed by atoms with van der Waals surface area (Å²) < 4.78 is 9.00. The molecule has 0 amide bonds. The molecule has 0 unspecified atom stereocenters. The second kappa shape index (κ2) is 7.97. The van der Waals surface area contributed by atoms with Crippen LogP contribution >= 0.6 is 0 Å². The fraction of sp³-hybridized carbons (Fsp3) is 0.529. The van der Waals surface area contributed by atoms with Gasteiger partial charge in [0.1, 0.15) is 24.1 Å². The highest BCUT2D eigenvalue weighted by Crippen LogP contribution is 2.15. The van der Waals surface area contributed by atoms with E-state index in [9.17, 15) is 4.79 Å². The number of rotatable bonds is 8. The van der Waals surface area contributed by atoms with Gasteiger partial charge < -0.3 is 9.64 Å². The predicted molar refractivity (Wildman–Crippen MR) is 90.1 cm³/mol. The van der Waals surface area contributed by atoms with E-state index >= 15 is 0 Å². The van der Waals surface area contributed by atoms with E-state index in [1.165, 1.54) is 4.90 Å². The van der Waals surface area contributed by atoms with Crippen LogP contribution in [-0.4, -0.2) is 36.8 Å². The van der Waals surface area contributed by atoms with E-state index in [2.05, 4.69) is 18.4 Å². The van der Waals surface area contributed by atoms with Crippen LogP contribution in [0.3, 0.4) is 0 Å². The van der Waals surface area contributed by atoms with Gasteiger partial charge in [0.25, 0.3) is 0 Å². The number of para-hydroxylation sites is 2. The Bertz CT molecular complexity index is 662. The zero-order valence-corrected chi connectivity index (χ0v) is 14.3. The number of benzene rings is 1. The molecule has 0 spiro atoms. The summed E-state index contributed by atoms with van der Waals surface area (Å²) in [6.45, 7) is 10.7. The molecular formula is C17H28N4O2+2. The maximum atomic E-state index is 11.9. The Morgan fingerprint density at radius 3 is 2.61 bits per heavy atom. The monoisotopic (exact) mass is 320 g/mol. The van der Waals surface area contributed by atoms with Gasteiger partial charge >= 0.3 is 11.9 Å². The highest BCUT2D eigenvalue weighted by atomic mass is 16.5. The summed E-state index contributed by atoms with van der Waals surface area (Å²) in [7, 11) is 0. The number of hydrogen-bond donors (Lipinski definition) is 2. The lowest BCUT2D eigenvalue weighted by Gasteiger charge is -2.14. The van der Waals surface area contributed by atoms with Crippen molar-refractivity contribution in [1.29, 1.82) is 0 Å². The Labute approximate surface area is 137 Å². The molecule has 0 saturated carbocycles. The maximum Gasteiger partial charge on any atom is 0.356 e. The fourth-order valence-corrected chi connectivity index (χ4v) is 2.92. The average molecular weight is 320 g/mol. The van der Waals surface area contributed by atoms with Crippen LogP contribution in [0.1, 0.15) is 20.8 Å². The Morgan fingerprint density at radius 1 is 1.26 bits per heavy atom. The number of fused-ring (bicyclic) bond motifs is 1. The molecule has 3 N–H and O–H groups in total. The molecule has 0 fully saturated rings. The third kappa shape index (κ3) is 3.82. The van der Waals surface area contributed by atoms with Crippen molar-refractivity contribution in [1.82, 2.24) is 4.57 Å². The number of nitrogens with zero attached hydrogens (tertiary/aromatic N) is 2. The first kappa shape index (κ1) is 17.3. The van der Waals surface area contributed by atoms with E-state index in [0.717, 1.165) is 37.2 Å². The number of anilines is 1. The summed E-state index contributed by atoms with van der Waals surface area (Å²) in [5, 5.41) is 0. The Morgan fingerprint density at radius 2 is 1.96 bits per heavy atom. The second-order valence-electron chi connectivity index (χ2n) is 5.60. The summed E-state index contributed by atoms with van der Waals surface area (Å²) in [5.41, 5.74) is 8.36. The summed E-state index contributed by atoms with van der Waals surface area (Å²) in [5.74, 6) is 0.340. The second-order valence-corrected chi connectivity index (χ2v) is 5.60. The van der Waals surface area contributed by atoms with Gasteiger partial charge in [-0.25, -0.2) is 13.9 Å². The van der Waals surface area contributed by atoms with Crippen molar-refractivity contribution < 1.29 is 19.0 Å². The molecule has 2 rings (SSSR count). The third-order valence-electron chi connectivity index (χ3n) is 4.30. The lowest BCUT2D eigenvalue weighted by atomic mass is 10.3. The van der Waals surface area contributed by atoms with E-state index in [1.807, 2.05) is 35.8 Å². The third-order valence-corrected chi connectivity index (χ3v) is 4.30. The number of likely N-dealkylation sites (N-methyl/N-ethyl adjacent to an activating group) is 1. The quantitative estimate of drug-likeness (QED) is 0.531. The number of aromatic nitrogens is 2. The topological polar surface area (TPSA) is 65.6 Å². The van der Waals surface area contributed by atoms with Crippen molar-refractivity contribution >= 4 is 23.0 Å². The van der Waals surface area contributed by atoms with Gasteiger partial charge in [0.05, 0.1) is 19.7 Å². The van der Waals surface area contributed by atoms with Gasteiger partial charge in [-0.05, 0) is 32.9 Å². The molecule has 0 saturated heterocycles. The summed E-state index contributed by atoms with van der Waals surface area (Å²) >= 11 is 0. The highest BCUT2D eigenvalue weighted by Gasteiger charge is 2.23. The minimum absolute atomic E-state index is 0.144. The fourth-order valence-electron chi connectivity index (χ4n) is 2.92. The van der Waals surface area contributed by atoms with Gasteiger partial charge in [-0.15, -0.1) is 0 Å². The first-order valence-corrected chi connectivity index (χ1v) is 8.38. The SMILES string of the molecule is CCOC(=O)C[n+]1c(N)n(CC[NH+](CC)CC)c2ccccc21. The molecule has 2 aromatic rings. The van der Waals surface area contributed by atoms with Crippen LogP contribution in [0.2, 0.25) is 0 Å². The summed E-state index contributed by atoms with van der Waals surface area (Å²) in [6, 6.07) is 8.00. The van der Waals surface area contributed by atoms with E-state index < -0.39 is 0 Å². The number of ether oxygens (including phenoxy) is 1. The summed E-state index contributed by atoms with van der Waals surface area (Å²) in [6.07, 6.45) is 0. The Kier molecular flexibility index (Phi) is 5.98. The standard InChI is InChI=1S/C17H26N4O2/c1-4-19(5-2)11-12-20-14-9-7-8-10-15(14)21(17(20)18)13-16(22)23-6-3/h7-10,18H,4-6,11-13H2,1-3H3/p+2. The van der Waals surface area contributed by atoms with E-state index in [1.54, 1.807) is 0 Å². The number of esters is 1. The number of quaternary nitrogens is 1. The molecule has 0 aliphatic rings. The normalized spacial score (nSPS) is 11.3. The number of hydrogen-bond acceptors (Lipinski definition) is 3. The average Bonchev–Trinajstić information content (AvgIpc) is 2.81. The molecule has 6 heteroatoms. The minimum atomic E-state index is -0.263. The van der Waals surface area contributed by atoms with Crippen molar-refractivity contribution in [3.8, 4) is 0 Å². The molecule has 0 aliphatic heterocycles. The number of nitrogens with one attached hydrogen (secondary N) is 1. The first-order valence-electron chi connectivity index (χ1n) is 8.38. The van der Waals surface area contributed by atoms with Crippen LogP contribution < -0.4 is 15.2 Å². The zero-order chi connectivity index (χ0) is 16.8. The van der Waals surface area contributed by atoms with E-state index in [-0.39, 0.29) is 12.5 Å². The molecule has 126 valence electrons. The van der Waals surface area contributed by atoms with Crippen LogP contribution in [0, 0.1) is 0 Å². The minimum Gasteiger partial charge on any atom is -0.464 e. The van der Waals surface area contributed by atoms with Gasteiger partial charge in [0.15, 0.2) is 6.54 Å². The number of carbonyl (C=O) groups excluding carboxylic acids is 1. The van der Waals surface area contributed by atoms with Gasteiger partial charge in [0.2, 0.25) is 0 Å². The lowest BCUT2D eigenvalue weighted by molar-refractivity contribution is -0.897. The Hall–Kier alpha value is -2.08. The van der Waals surface area contributed by atoms with Crippen LogP contribution in [0.4, 0.5) is 5.95 Å². The van der Waals surface area contributed by atoms with Gasteiger partial charge in [0, 0.05) is 0 Å². The Balaban J connectivity index is 2.33. The molecule has 1 aromatic carbocycles. The number of nitrogens with two attached hydrogens (primary N) is 1. The van der Waals surface area contributed by atoms with E-state index in [4.69, 9.17) is 10.5 Å². The smallest absolute Gasteiger partial charge is 0.356 e.